The average molecular weight is 320 g/mol. The molecule has 1 aromatic heterocycles. The highest BCUT2D eigenvalue weighted by atomic mass is 35.5. The molecule has 2 aromatic rings. The van der Waals surface area contributed by atoms with E-state index in [9.17, 15) is 0 Å². The Morgan fingerprint density at radius 1 is 0.955 bits per heavy atom. The molecule has 2 rings (SSSR count). The molecule has 0 saturated carbocycles. The van der Waals surface area contributed by atoms with Crippen molar-refractivity contribution in [3.8, 4) is 0 Å². The number of rotatable bonds is 5. The number of hydrogen-bond acceptors (Lipinski definition) is 5. The summed E-state index contributed by atoms with van der Waals surface area (Å²) in [5.41, 5.74) is 6.19. The minimum atomic E-state index is 0.520. The smallest absolute Gasteiger partial charge is 0.135 e. The zero-order valence-electron chi connectivity index (χ0n) is 13.6. The third-order valence-electron chi connectivity index (χ3n) is 3.72. The fraction of sp³-hybridized carbons (Fsp3) is 0.375. The molecule has 5 nitrogen and oxygen atoms in total. The first-order valence-corrected chi connectivity index (χ1v) is 7.57. The van der Waals surface area contributed by atoms with Crippen LogP contribution < -0.4 is 16.0 Å². The van der Waals surface area contributed by atoms with Crippen molar-refractivity contribution in [1.82, 2.24) is 9.97 Å². The van der Waals surface area contributed by atoms with Gasteiger partial charge in [-0.2, -0.15) is 0 Å². The van der Waals surface area contributed by atoms with Gasteiger partial charge in [0.25, 0.3) is 0 Å². The number of halogens is 1. The highest BCUT2D eigenvalue weighted by Crippen LogP contribution is 2.32. The maximum Gasteiger partial charge on any atom is 0.135 e. The zero-order valence-corrected chi connectivity index (χ0v) is 14.4. The molecular weight excluding hydrogens is 298 g/mol. The molecule has 0 aliphatic rings. The van der Waals surface area contributed by atoms with Gasteiger partial charge in [-0.15, -0.1) is 0 Å². The monoisotopic (exact) mass is 319 g/mol. The molecule has 6 heteroatoms. The molecule has 0 atom stereocenters. The van der Waals surface area contributed by atoms with Crippen LogP contribution in [-0.2, 0) is 6.42 Å². The van der Waals surface area contributed by atoms with Gasteiger partial charge in [-0.25, -0.2) is 9.97 Å². The zero-order chi connectivity index (χ0) is 16.3. The molecule has 3 N–H and O–H groups in total. The van der Waals surface area contributed by atoms with Crippen LogP contribution in [0.25, 0.3) is 0 Å². The number of anilines is 3. The van der Waals surface area contributed by atoms with Gasteiger partial charge in [0.05, 0.1) is 5.69 Å². The SMILES string of the molecule is CNc1cc(NC)c(Cc2nc(C)nc(Cl)c2C)c(NC)c1. The molecule has 0 aliphatic carbocycles. The first-order chi connectivity index (χ1) is 10.5. The highest BCUT2D eigenvalue weighted by molar-refractivity contribution is 6.30. The van der Waals surface area contributed by atoms with Crippen molar-refractivity contribution in [2.75, 3.05) is 37.1 Å². The van der Waals surface area contributed by atoms with Crippen LogP contribution in [0.15, 0.2) is 12.1 Å². The summed E-state index contributed by atoms with van der Waals surface area (Å²) < 4.78 is 0. The number of aryl methyl sites for hydroxylation is 1. The van der Waals surface area contributed by atoms with E-state index < -0.39 is 0 Å². The maximum absolute atomic E-state index is 6.19. The second-order valence-electron chi connectivity index (χ2n) is 5.11. The van der Waals surface area contributed by atoms with Gasteiger partial charge in [0.15, 0.2) is 0 Å². The van der Waals surface area contributed by atoms with E-state index in [0.717, 1.165) is 33.9 Å². The van der Waals surface area contributed by atoms with E-state index in [1.54, 1.807) is 0 Å². The molecule has 1 heterocycles. The Labute approximate surface area is 136 Å². The lowest BCUT2D eigenvalue weighted by Gasteiger charge is -2.18. The minimum Gasteiger partial charge on any atom is -0.388 e. The van der Waals surface area contributed by atoms with Crippen molar-refractivity contribution in [1.29, 1.82) is 0 Å². The van der Waals surface area contributed by atoms with Crippen LogP contribution in [0.3, 0.4) is 0 Å². The Morgan fingerprint density at radius 2 is 1.55 bits per heavy atom. The van der Waals surface area contributed by atoms with Crippen molar-refractivity contribution < 1.29 is 0 Å². The van der Waals surface area contributed by atoms with E-state index in [2.05, 4.69) is 38.1 Å². The topological polar surface area (TPSA) is 61.9 Å². The van der Waals surface area contributed by atoms with Gasteiger partial charge in [-0.1, -0.05) is 11.6 Å². The van der Waals surface area contributed by atoms with Gasteiger partial charge >= 0.3 is 0 Å². The van der Waals surface area contributed by atoms with Gasteiger partial charge < -0.3 is 16.0 Å². The Morgan fingerprint density at radius 3 is 2.05 bits per heavy atom. The van der Waals surface area contributed by atoms with E-state index in [1.807, 2.05) is 35.0 Å². The van der Waals surface area contributed by atoms with Crippen LogP contribution in [0.1, 0.15) is 22.6 Å². The van der Waals surface area contributed by atoms with E-state index in [-0.39, 0.29) is 0 Å². The summed E-state index contributed by atoms with van der Waals surface area (Å²) in [4.78, 5) is 8.76. The normalized spacial score (nSPS) is 10.5. The Hall–Kier alpha value is -2.01. The van der Waals surface area contributed by atoms with Crippen LogP contribution in [0.4, 0.5) is 17.1 Å². The second-order valence-corrected chi connectivity index (χ2v) is 5.47. The van der Waals surface area contributed by atoms with Gasteiger partial charge in [0, 0.05) is 55.8 Å². The van der Waals surface area contributed by atoms with Crippen molar-refractivity contribution in [3.05, 3.63) is 39.9 Å². The summed E-state index contributed by atoms with van der Waals surface area (Å²) in [7, 11) is 5.75. The fourth-order valence-corrected chi connectivity index (χ4v) is 2.67. The van der Waals surface area contributed by atoms with Gasteiger partial charge in [-0.3, -0.25) is 0 Å². The maximum atomic E-state index is 6.19. The van der Waals surface area contributed by atoms with Gasteiger partial charge in [0.2, 0.25) is 0 Å². The Kier molecular flexibility index (Phi) is 5.08. The predicted molar refractivity (Wildman–Crippen MR) is 94.4 cm³/mol. The van der Waals surface area contributed by atoms with Crippen LogP contribution in [-0.4, -0.2) is 31.1 Å². The number of hydrogen-bond donors (Lipinski definition) is 3. The van der Waals surface area contributed by atoms with Crippen LogP contribution in [0.2, 0.25) is 5.15 Å². The van der Waals surface area contributed by atoms with Crippen molar-refractivity contribution in [2.24, 2.45) is 0 Å². The molecule has 0 aliphatic heterocycles. The largest absolute Gasteiger partial charge is 0.388 e. The number of benzene rings is 1. The standard InChI is InChI=1S/C16H22ClN5/c1-9-13(21-10(2)22-16(9)17)8-12-14(19-4)6-11(18-3)7-15(12)20-5/h6-7,18-20H,8H2,1-5H3. The van der Waals surface area contributed by atoms with Crippen LogP contribution in [0, 0.1) is 13.8 Å². The summed E-state index contributed by atoms with van der Waals surface area (Å²) in [6.07, 6.45) is 0.686. The summed E-state index contributed by atoms with van der Waals surface area (Å²) in [6.45, 7) is 3.81. The molecule has 0 fully saturated rings. The molecule has 0 amide bonds. The number of aromatic nitrogens is 2. The lowest BCUT2D eigenvalue weighted by Crippen LogP contribution is -2.07. The third kappa shape index (κ3) is 3.25. The summed E-state index contributed by atoms with van der Waals surface area (Å²) in [5.74, 6) is 0.689. The van der Waals surface area contributed by atoms with Crippen LogP contribution in [0.5, 0.6) is 0 Å². The van der Waals surface area contributed by atoms with E-state index in [0.29, 0.717) is 17.4 Å². The summed E-state index contributed by atoms with van der Waals surface area (Å²) in [6, 6.07) is 4.17. The molecule has 0 bridgehead atoms. The fourth-order valence-electron chi connectivity index (χ4n) is 2.44. The lowest BCUT2D eigenvalue weighted by molar-refractivity contribution is 0.945. The quantitative estimate of drug-likeness (QED) is 0.737. The number of nitrogens with one attached hydrogen (secondary N) is 3. The predicted octanol–water partition coefficient (Wildman–Crippen LogP) is 3.46. The Bertz CT molecular complexity index is 659. The molecule has 118 valence electrons. The minimum absolute atomic E-state index is 0.520. The third-order valence-corrected chi connectivity index (χ3v) is 4.09. The summed E-state index contributed by atoms with van der Waals surface area (Å²) >= 11 is 6.19. The first kappa shape index (κ1) is 16.4. The molecule has 0 saturated heterocycles. The molecular formula is C16H22ClN5. The van der Waals surface area contributed by atoms with Crippen molar-refractivity contribution in [2.45, 2.75) is 20.3 Å². The van der Waals surface area contributed by atoms with E-state index in [1.165, 1.54) is 0 Å². The average Bonchev–Trinajstić information content (AvgIpc) is 2.51. The molecule has 1 aromatic carbocycles. The van der Waals surface area contributed by atoms with Gasteiger partial charge in [0.1, 0.15) is 11.0 Å². The van der Waals surface area contributed by atoms with E-state index in [4.69, 9.17) is 11.6 Å². The lowest BCUT2D eigenvalue weighted by atomic mass is 10.0. The van der Waals surface area contributed by atoms with Crippen LogP contribution >= 0.6 is 11.6 Å². The van der Waals surface area contributed by atoms with E-state index >= 15 is 0 Å². The number of nitrogens with zero attached hydrogens (tertiary/aromatic N) is 2. The second kappa shape index (κ2) is 6.83. The molecule has 0 unspecified atom stereocenters. The van der Waals surface area contributed by atoms with Crippen molar-refractivity contribution in [3.63, 3.8) is 0 Å². The molecule has 22 heavy (non-hydrogen) atoms. The highest BCUT2D eigenvalue weighted by Gasteiger charge is 2.14. The molecule has 0 radical (unpaired) electrons. The van der Waals surface area contributed by atoms with Gasteiger partial charge in [-0.05, 0) is 26.0 Å². The first-order valence-electron chi connectivity index (χ1n) is 7.20. The Balaban J connectivity index is 2.53. The summed E-state index contributed by atoms with van der Waals surface area (Å²) in [5, 5.41) is 10.2. The van der Waals surface area contributed by atoms with Crippen molar-refractivity contribution >= 4 is 28.7 Å². The molecule has 0 spiro atoms.